The first-order valence-corrected chi connectivity index (χ1v) is 11.2. The molecule has 0 saturated carbocycles. The lowest BCUT2D eigenvalue weighted by Gasteiger charge is -2.21. The third kappa shape index (κ3) is 7.27. The molecule has 1 heterocycles. The van der Waals surface area contributed by atoms with Crippen LogP contribution in [0.5, 0.6) is 11.5 Å². The van der Waals surface area contributed by atoms with Crippen LogP contribution in [-0.4, -0.2) is 41.2 Å². The summed E-state index contributed by atoms with van der Waals surface area (Å²) in [7, 11) is 0. The number of para-hydroxylation sites is 2. The van der Waals surface area contributed by atoms with Gasteiger partial charge in [0.05, 0.1) is 17.6 Å². The number of carbonyl (C=O) groups is 1. The van der Waals surface area contributed by atoms with Crippen molar-refractivity contribution in [2.75, 3.05) is 19.8 Å². The fourth-order valence-corrected chi connectivity index (χ4v) is 3.39. The molecule has 0 aliphatic rings. The number of fused-ring (bicyclic) bond motifs is 1. The summed E-state index contributed by atoms with van der Waals surface area (Å²) < 4.78 is 11.4. The number of imidazole rings is 1. The molecule has 172 valence electrons. The second-order valence-corrected chi connectivity index (χ2v) is 8.78. The van der Waals surface area contributed by atoms with Crippen molar-refractivity contribution in [3.8, 4) is 11.5 Å². The van der Waals surface area contributed by atoms with Gasteiger partial charge in [-0.1, -0.05) is 18.2 Å². The Morgan fingerprint density at radius 1 is 1.09 bits per heavy atom. The van der Waals surface area contributed by atoms with Gasteiger partial charge in [-0.15, -0.1) is 0 Å². The molecular weight excluding hydrogens is 404 g/mol. The number of carbonyl (C=O) groups excluding carboxylic acids is 1. The number of aryl methyl sites for hydroxylation is 1. The van der Waals surface area contributed by atoms with Crippen molar-refractivity contribution in [3.63, 3.8) is 0 Å². The Labute approximate surface area is 189 Å². The standard InChI is InChI=1S/C25H34N4O3/c1-5-31-22-15-18(12-13-21(22)32-17-24(30)29-25(2,3)4)16-26-14-8-11-23-27-19-9-6-7-10-20(19)28-23/h6-7,9-10,12-13,15,26H,5,8,11,14,16-17H2,1-4H3,(H,27,28)(H,29,30). The van der Waals surface area contributed by atoms with Gasteiger partial charge in [0.2, 0.25) is 0 Å². The number of benzene rings is 2. The lowest BCUT2D eigenvalue weighted by Crippen LogP contribution is -2.43. The van der Waals surface area contributed by atoms with E-state index in [1.807, 2.05) is 70.2 Å². The number of hydrogen-bond acceptors (Lipinski definition) is 5. The van der Waals surface area contributed by atoms with Crippen molar-refractivity contribution in [3.05, 3.63) is 53.9 Å². The van der Waals surface area contributed by atoms with Crippen molar-refractivity contribution >= 4 is 16.9 Å². The van der Waals surface area contributed by atoms with Gasteiger partial charge in [0.1, 0.15) is 5.82 Å². The number of aromatic nitrogens is 2. The van der Waals surface area contributed by atoms with E-state index in [-0.39, 0.29) is 18.1 Å². The van der Waals surface area contributed by atoms with Crippen molar-refractivity contribution in [1.82, 2.24) is 20.6 Å². The van der Waals surface area contributed by atoms with Crippen molar-refractivity contribution in [1.29, 1.82) is 0 Å². The molecule has 0 bridgehead atoms. The van der Waals surface area contributed by atoms with E-state index < -0.39 is 0 Å². The number of H-pyrrole nitrogens is 1. The molecule has 0 unspecified atom stereocenters. The summed E-state index contributed by atoms with van der Waals surface area (Å²) in [5, 5.41) is 6.36. The van der Waals surface area contributed by atoms with E-state index in [4.69, 9.17) is 9.47 Å². The van der Waals surface area contributed by atoms with E-state index in [0.29, 0.717) is 18.1 Å². The van der Waals surface area contributed by atoms with Crippen LogP contribution in [0, 0.1) is 0 Å². The Morgan fingerprint density at radius 2 is 1.91 bits per heavy atom. The molecule has 2 aromatic carbocycles. The summed E-state index contributed by atoms with van der Waals surface area (Å²) in [5.74, 6) is 2.08. The van der Waals surface area contributed by atoms with Crippen molar-refractivity contribution in [2.24, 2.45) is 0 Å². The highest BCUT2D eigenvalue weighted by atomic mass is 16.5. The van der Waals surface area contributed by atoms with Crippen molar-refractivity contribution < 1.29 is 14.3 Å². The number of ether oxygens (including phenoxy) is 2. The molecular formula is C25H34N4O3. The Bertz CT molecular complexity index is 990. The molecule has 0 radical (unpaired) electrons. The molecule has 0 aliphatic carbocycles. The number of hydrogen-bond donors (Lipinski definition) is 3. The van der Waals surface area contributed by atoms with Gasteiger partial charge in [0, 0.05) is 18.5 Å². The van der Waals surface area contributed by atoms with E-state index in [2.05, 4.69) is 20.6 Å². The predicted octanol–water partition coefficient (Wildman–Crippen LogP) is 3.98. The predicted molar refractivity (Wildman–Crippen MR) is 127 cm³/mol. The van der Waals surface area contributed by atoms with Gasteiger partial charge in [0.25, 0.3) is 5.91 Å². The molecule has 0 saturated heterocycles. The van der Waals surface area contributed by atoms with Crippen LogP contribution in [0.4, 0.5) is 0 Å². The van der Waals surface area contributed by atoms with Gasteiger partial charge < -0.3 is 25.1 Å². The number of aromatic amines is 1. The summed E-state index contributed by atoms with van der Waals surface area (Å²) in [4.78, 5) is 20.0. The summed E-state index contributed by atoms with van der Waals surface area (Å²) in [6.07, 6.45) is 1.89. The van der Waals surface area contributed by atoms with Crippen LogP contribution in [0.3, 0.4) is 0 Å². The topological polar surface area (TPSA) is 88.3 Å². The fraction of sp³-hybridized carbons (Fsp3) is 0.440. The first-order valence-electron chi connectivity index (χ1n) is 11.2. The lowest BCUT2D eigenvalue weighted by atomic mass is 10.1. The highest BCUT2D eigenvalue weighted by Gasteiger charge is 2.15. The number of rotatable bonds is 11. The lowest BCUT2D eigenvalue weighted by molar-refractivity contribution is -0.124. The molecule has 32 heavy (non-hydrogen) atoms. The Morgan fingerprint density at radius 3 is 2.66 bits per heavy atom. The van der Waals surface area contributed by atoms with Gasteiger partial charge in [-0.05, 0) is 70.5 Å². The normalized spacial score (nSPS) is 11.5. The maximum atomic E-state index is 12.0. The van der Waals surface area contributed by atoms with Crippen LogP contribution in [0.1, 0.15) is 45.5 Å². The quantitative estimate of drug-likeness (QED) is 0.394. The van der Waals surface area contributed by atoms with Gasteiger partial charge in [0.15, 0.2) is 18.1 Å². The molecule has 0 spiro atoms. The monoisotopic (exact) mass is 438 g/mol. The van der Waals surface area contributed by atoms with E-state index in [1.165, 1.54) is 0 Å². The van der Waals surface area contributed by atoms with Gasteiger partial charge >= 0.3 is 0 Å². The highest BCUT2D eigenvalue weighted by molar-refractivity contribution is 5.78. The zero-order valence-electron chi connectivity index (χ0n) is 19.5. The smallest absolute Gasteiger partial charge is 0.258 e. The molecule has 7 nitrogen and oxygen atoms in total. The average molecular weight is 439 g/mol. The summed E-state index contributed by atoms with van der Waals surface area (Å²) in [6.45, 7) is 9.84. The summed E-state index contributed by atoms with van der Waals surface area (Å²) in [5.41, 5.74) is 2.90. The Hall–Kier alpha value is -3.06. The van der Waals surface area contributed by atoms with Crippen LogP contribution >= 0.6 is 0 Å². The molecule has 1 aromatic heterocycles. The van der Waals surface area contributed by atoms with Crippen LogP contribution in [0.2, 0.25) is 0 Å². The van der Waals surface area contributed by atoms with Crippen LogP contribution in [-0.2, 0) is 17.8 Å². The number of amides is 1. The van der Waals surface area contributed by atoms with E-state index in [9.17, 15) is 4.79 Å². The third-order valence-electron chi connectivity index (χ3n) is 4.72. The fourth-order valence-electron chi connectivity index (χ4n) is 3.39. The van der Waals surface area contributed by atoms with Gasteiger partial charge in [-0.25, -0.2) is 4.98 Å². The van der Waals surface area contributed by atoms with Crippen molar-refractivity contribution in [2.45, 2.75) is 52.6 Å². The Balaban J connectivity index is 1.46. The van der Waals surface area contributed by atoms with Crippen LogP contribution in [0.25, 0.3) is 11.0 Å². The number of nitrogens with one attached hydrogen (secondary N) is 3. The minimum absolute atomic E-state index is 0.0449. The molecule has 3 rings (SSSR count). The molecule has 7 heteroatoms. The summed E-state index contributed by atoms with van der Waals surface area (Å²) >= 11 is 0. The maximum Gasteiger partial charge on any atom is 0.258 e. The van der Waals surface area contributed by atoms with Gasteiger partial charge in [-0.3, -0.25) is 4.79 Å². The molecule has 0 aliphatic heterocycles. The molecule has 0 fully saturated rings. The van der Waals surface area contributed by atoms with E-state index in [0.717, 1.165) is 48.4 Å². The average Bonchev–Trinajstić information content (AvgIpc) is 3.15. The van der Waals surface area contributed by atoms with Crippen LogP contribution < -0.4 is 20.1 Å². The Kier molecular flexibility index (Phi) is 8.11. The molecule has 0 atom stereocenters. The largest absolute Gasteiger partial charge is 0.490 e. The first kappa shape index (κ1) is 23.6. The highest BCUT2D eigenvalue weighted by Crippen LogP contribution is 2.28. The molecule has 3 N–H and O–H groups in total. The summed E-state index contributed by atoms with van der Waals surface area (Å²) in [6, 6.07) is 13.9. The number of nitrogens with zero attached hydrogens (tertiary/aromatic N) is 1. The minimum Gasteiger partial charge on any atom is -0.490 e. The molecule has 1 amide bonds. The zero-order valence-corrected chi connectivity index (χ0v) is 19.5. The molecule has 3 aromatic rings. The van der Waals surface area contributed by atoms with Crippen LogP contribution in [0.15, 0.2) is 42.5 Å². The maximum absolute atomic E-state index is 12.0. The second kappa shape index (κ2) is 11.0. The van der Waals surface area contributed by atoms with E-state index >= 15 is 0 Å². The van der Waals surface area contributed by atoms with Gasteiger partial charge in [-0.2, -0.15) is 0 Å². The SMILES string of the molecule is CCOc1cc(CNCCCc2nc3ccccc3[nH]2)ccc1OCC(=O)NC(C)(C)C. The van der Waals surface area contributed by atoms with E-state index in [1.54, 1.807) is 0 Å². The minimum atomic E-state index is -0.289. The zero-order chi connectivity index (χ0) is 23.0. The third-order valence-corrected chi connectivity index (χ3v) is 4.72. The second-order valence-electron chi connectivity index (χ2n) is 8.78. The first-order chi connectivity index (χ1) is 15.3.